The van der Waals surface area contributed by atoms with E-state index in [2.05, 4.69) is 15.0 Å². The van der Waals surface area contributed by atoms with E-state index in [1.54, 1.807) is 12.4 Å². The normalized spacial score (nSPS) is 10.4. The van der Waals surface area contributed by atoms with Crippen LogP contribution in [0.3, 0.4) is 0 Å². The lowest BCUT2D eigenvalue weighted by Gasteiger charge is -1.99. The van der Waals surface area contributed by atoms with E-state index in [-0.39, 0.29) is 0 Å². The summed E-state index contributed by atoms with van der Waals surface area (Å²) in [4.78, 5) is 12.2. The second-order valence-corrected chi connectivity index (χ2v) is 3.98. The Hall–Kier alpha value is -1.07. The quantitative estimate of drug-likeness (QED) is 0.786. The van der Waals surface area contributed by atoms with Crippen molar-refractivity contribution in [1.82, 2.24) is 19.5 Å². The molecule has 2 heterocycles. The zero-order valence-corrected chi connectivity index (χ0v) is 8.96. The third-order valence-electron chi connectivity index (χ3n) is 1.56. The van der Waals surface area contributed by atoms with Crippen LogP contribution in [0.25, 0.3) is 0 Å². The predicted molar refractivity (Wildman–Crippen MR) is 54.4 cm³/mol. The molecule has 0 aromatic carbocycles. The van der Waals surface area contributed by atoms with E-state index in [0.29, 0.717) is 5.15 Å². The summed E-state index contributed by atoms with van der Waals surface area (Å²) in [5.41, 5.74) is 0. The molecule has 0 radical (unpaired) electrons. The maximum Gasteiger partial charge on any atom is 0.174 e. The van der Waals surface area contributed by atoms with Crippen LogP contribution in [0.1, 0.15) is 0 Å². The second kappa shape index (κ2) is 3.98. The van der Waals surface area contributed by atoms with Crippen molar-refractivity contribution in [3.63, 3.8) is 0 Å². The van der Waals surface area contributed by atoms with Gasteiger partial charge in [0.1, 0.15) is 10.2 Å². The molecule has 0 unspecified atom stereocenters. The summed E-state index contributed by atoms with van der Waals surface area (Å²) in [6, 6.07) is 0. The van der Waals surface area contributed by atoms with Crippen molar-refractivity contribution in [3.8, 4) is 0 Å². The van der Waals surface area contributed by atoms with Crippen LogP contribution in [-0.4, -0.2) is 19.5 Å². The van der Waals surface area contributed by atoms with Crippen LogP contribution in [0.5, 0.6) is 0 Å². The first-order valence-corrected chi connectivity index (χ1v) is 5.08. The molecule has 4 nitrogen and oxygen atoms in total. The highest BCUT2D eigenvalue weighted by molar-refractivity contribution is 7.99. The van der Waals surface area contributed by atoms with Crippen molar-refractivity contribution in [2.45, 2.75) is 10.2 Å². The van der Waals surface area contributed by atoms with Crippen molar-refractivity contribution in [1.29, 1.82) is 0 Å². The van der Waals surface area contributed by atoms with E-state index < -0.39 is 0 Å². The first-order valence-electron chi connectivity index (χ1n) is 3.88. The molecule has 0 bridgehead atoms. The van der Waals surface area contributed by atoms with Crippen LogP contribution >= 0.6 is 23.4 Å². The van der Waals surface area contributed by atoms with Gasteiger partial charge < -0.3 is 4.57 Å². The van der Waals surface area contributed by atoms with Crippen molar-refractivity contribution in [3.05, 3.63) is 29.9 Å². The molecule has 2 aromatic rings. The number of hydrogen-bond acceptors (Lipinski definition) is 4. The summed E-state index contributed by atoms with van der Waals surface area (Å²) in [5.74, 6) is 0. The van der Waals surface area contributed by atoms with Gasteiger partial charge in [0.25, 0.3) is 0 Å². The Labute approximate surface area is 90.4 Å². The number of aryl methyl sites for hydroxylation is 1. The van der Waals surface area contributed by atoms with Crippen molar-refractivity contribution in [2.24, 2.45) is 7.05 Å². The van der Waals surface area contributed by atoms with E-state index in [9.17, 15) is 0 Å². The topological polar surface area (TPSA) is 43.6 Å². The number of imidazole rings is 1. The van der Waals surface area contributed by atoms with Gasteiger partial charge >= 0.3 is 0 Å². The molecule has 0 saturated carbocycles. The van der Waals surface area contributed by atoms with Gasteiger partial charge in [-0.1, -0.05) is 11.6 Å². The molecule has 72 valence electrons. The molecule has 0 N–H and O–H groups in total. The molecule has 0 amide bonds. The molecule has 14 heavy (non-hydrogen) atoms. The van der Waals surface area contributed by atoms with Crippen LogP contribution in [-0.2, 0) is 7.05 Å². The van der Waals surface area contributed by atoms with E-state index in [1.165, 1.54) is 18.0 Å². The summed E-state index contributed by atoms with van der Waals surface area (Å²) >= 11 is 7.14. The molecular weight excluding hydrogens is 220 g/mol. The largest absolute Gasteiger partial charge is 0.329 e. The average molecular weight is 227 g/mol. The minimum absolute atomic E-state index is 0.393. The summed E-state index contributed by atoms with van der Waals surface area (Å²) in [6.07, 6.45) is 6.77. The monoisotopic (exact) mass is 226 g/mol. The Bertz CT molecular complexity index is 442. The first-order chi connectivity index (χ1) is 6.75. The lowest BCUT2D eigenvalue weighted by Crippen LogP contribution is -1.90. The molecular formula is C8H7ClN4S. The Morgan fingerprint density at radius 1 is 1.43 bits per heavy atom. The molecule has 0 aliphatic carbocycles. The van der Waals surface area contributed by atoms with Gasteiger partial charge in [-0.3, -0.25) is 4.98 Å². The van der Waals surface area contributed by atoms with Gasteiger partial charge in [-0.2, -0.15) is 0 Å². The Balaban J connectivity index is 2.23. The van der Waals surface area contributed by atoms with E-state index in [1.807, 2.05) is 17.8 Å². The molecule has 0 saturated heterocycles. The van der Waals surface area contributed by atoms with E-state index in [0.717, 1.165) is 10.2 Å². The molecule has 2 rings (SSSR count). The first kappa shape index (κ1) is 9.48. The van der Waals surface area contributed by atoms with Gasteiger partial charge in [-0.15, -0.1) is 0 Å². The predicted octanol–water partition coefficient (Wildman–Crippen LogP) is 2.01. The summed E-state index contributed by atoms with van der Waals surface area (Å²) in [6.45, 7) is 0. The SMILES string of the molecule is Cn1ccnc1Sc1cncc(Cl)n1. The Morgan fingerprint density at radius 3 is 2.93 bits per heavy atom. The van der Waals surface area contributed by atoms with Crippen molar-refractivity contribution < 1.29 is 0 Å². The number of aromatic nitrogens is 4. The molecule has 0 fully saturated rings. The highest BCUT2D eigenvalue weighted by atomic mass is 35.5. The van der Waals surface area contributed by atoms with Crippen LogP contribution in [0.2, 0.25) is 5.15 Å². The van der Waals surface area contributed by atoms with Crippen LogP contribution in [0.15, 0.2) is 35.0 Å². The minimum atomic E-state index is 0.393. The van der Waals surface area contributed by atoms with E-state index >= 15 is 0 Å². The Morgan fingerprint density at radius 2 is 2.29 bits per heavy atom. The summed E-state index contributed by atoms with van der Waals surface area (Å²) in [5, 5.41) is 2.00. The highest BCUT2D eigenvalue weighted by Gasteiger charge is 2.03. The summed E-state index contributed by atoms with van der Waals surface area (Å²) in [7, 11) is 1.92. The van der Waals surface area contributed by atoms with Crippen molar-refractivity contribution in [2.75, 3.05) is 0 Å². The van der Waals surface area contributed by atoms with Crippen LogP contribution in [0.4, 0.5) is 0 Å². The second-order valence-electron chi connectivity index (χ2n) is 2.60. The fourth-order valence-corrected chi connectivity index (χ4v) is 1.88. The molecule has 0 atom stereocenters. The molecule has 2 aromatic heterocycles. The Kier molecular flexibility index (Phi) is 2.69. The standard InChI is InChI=1S/C8H7ClN4S/c1-13-3-2-11-8(13)14-7-5-10-4-6(9)12-7/h2-5H,1H3. The molecule has 0 spiro atoms. The highest BCUT2D eigenvalue weighted by Crippen LogP contribution is 2.23. The number of halogens is 1. The third kappa shape index (κ3) is 2.05. The van der Waals surface area contributed by atoms with Gasteiger partial charge in [0.15, 0.2) is 5.16 Å². The zero-order valence-electron chi connectivity index (χ0n) is 7.38. The molecule has 6 heteroatoms. The fraction of sp³-hybridized carbons (Fsp3) is 0.125. The fourth-order valence-electron chi connectivity index (χ4n) is 0.919. The smallest absolute Gasteiger partial charge is 0.174 e. The van der Waals surface area contributed by atoms with Gasteiger partial charge in [0, 0.05) is 19.4 Å². The maximum absolute atomic E-state index is 5.71. The maximum atomic E-state index is 5.71. The van der Waals surface area contributed by atoms with Gasteiger partial charge in [-0.25, -0.2) is 9.97 Å². The average Bonchev–Trinajstić information content (AvgIpc) is 2.52. The minimum Gasteiger partial charge on any atom is -0.329 e. The number of nitrogens with zero attached hydrogens (tertiary/aromatic N) is 4. The summed E-state index contributed by atoms with van der Waals surface area (Å²) < 4.78 is 1.91. The van der Waals surface area contributed by atoms with Crippen LogP contribution < -0.4 is 0 Å². The third-order valence-corrected chi connectivity index (χ3v) is 2.72. The van der Waals surface area contributed by atoms with Gasteiger partial charge in [-0.05, 0) is 11.8 Å². The molecule has 0 aliphatic rings. The number of rotatable bonds is 2. The van der Waals surface area contributed by atoms with Crippen LogP contribution in [0, 0.1) is 0 Å². The van der Waals surface area contributed by atoms with Crippen molar-refractivity contribution >= 4 is 23.4 Å². The number of hydrogen-bond donors (Lipinski definition) is 0. The zero-order chi connectivity index (χ0) is 9.97. The van der Waals surface area contributed by atoms with Gasteiger partial charge in [0.2, 0.25) is 0 Å². The lowest BCUT2D eigenvalue weighted by molar-refractivity contribution is 0.788. The van der Waals surface area contributed by atoms with Gasteiger partial charge in [0.05, 0.1) is 12.4 Å². The lowest BCUT2D eigenvalue weighted by atomic mass is 10.8. The molecule has 0 aliphatic heterocycles. The van der Waals surface area contributed by atoms with E-state index in [4.69, 9.17) is 11.6 Å².